The number of carbonyl (C=O) groups is 1. The molecule has 2 rings (SSSR count). The van der Waals surface area contributed by atoms with Crippen molar-refractivity contribution in [1.29, 1.82) is 0 Å². The molecule has 0 aliphatic heterocycles. The van der Waals surface area contributed by atoms with Crippen molar-refractivity contribution < 1.29 is 4.79 Å². The highest BCUT2D eigenvalue weighted by molar-refractivity contribution is 8.01. The van der Waals surface area contributed by atoms with Crippen molar-refractivity contribution in [2.24, 2.45) is 0 Å². The van der Waals surface area contributed by atoms with E-state index < -0.39 is 4.75 Å². The third kappa shape index (κ3) is 2.99. The Balaban J connectivity index is 2.19. The number of Topliss-reactive ketones (excluding diaryl/α,β-unsaturated/α-hetero) is 1. The predicted molar refractivity (Wildman–Crippen MR) is 74.9 cm³/mol. The Bertz CT molecular complexity index is 523. The first-order chi connectivity index (χ1) is 8.59. The molecular formula is C15H15NOS. The number of ketones is 1. The summed E-state index contributed by atoms with van der Waals surface area (Å²) < 4.78 is -0.518. The van der Waals surface area contributed by atoms with E-state index in [0.29, 0.717) is 0 Å². The maximum atomic E-state index is 12.4. The van der Waals surface area contributed by atoms with Gasteiger partial charge in [-0.1, -0.05) is 48.2 Å². The van der Waals surface area contributed by atoms with Gasteiger partial charge in [-0.15, -0.1) is 0 Å². The van der Waals surface area contributed by atoms with E-state index in [1.54, 1.807) is 6.20 Å². The molecule has 0 radical (unpaired) electrons. The molecule has 0 aliphatic rings. The second-order valence-corrected chi connectivity index (χ2v) is 6.12. The maximum absolute atomic E-state index is 12.4. The molecule has 0 bridgehead atoms. The molecule has 18 heavy (non-hydrogen) atoms. The summed E-state index contributed by atoms with van der Waals surface area (Å²) in [6.45, 7) is 3.86. The molecule has 1 aromatic heterocycles. The molecule has 0 aliphatic carbocycles. The van der Waals surface area contributed by atoms with Crippen molar-refractivity contribution in [3.63, 3.8) is 0 Å². The number of thioether (sulfide) groups is 1. The lowest BCUT2D eigenvalue weighted by Gasteiger charge is -2.21. The molecule has 1 aromatic carbocycles. The van der Waals surface area contributed by atoms with E-state index in [9.17, 15) is 4.79 Å². The summed E-state index contributed by atoms with van der Waals surface area (Å²) in [5.41, 5.74) is 0.742. The van der Waals surface area contributed by atoms with Gasteiger partial charge in [0.05, 0.1) is 9.77 Å². The summed E-state index contributed by atoms with van der Waals surface area (Å²) in [4.78, 5) is 16.7. The number of hydrogen-bond acceptors (Lipinski definition) is 3. The fourth-order valence-corrected chi connectivity index (χ4v) is 2.65. The molecule has 2 aromatic rings. The van der Waals surface area contributed by atoms with Crippen LogP contribution >= 0.6 is 11.8 Å². The molecule has 0 spiro atoms. The molecule has 0 saturated heterocycles. The number of nitrogens with zero attached hydrogens (tertiary/aromatic N) is 1. The number of rotatable bonds is 4. The number of carbonyl (C=O) groups excluding carboxylic acids is 1. The van der Waals surface area contributed by atoms with Crippen LogP contribution in [0.3, 0.4) is 0 Å². The molecule has 3 heteroatoms. The molecule has 92 valence electrons. The first-order valence-electron chi connectivity index (χ1n) is 5.79. The van der Waals surface area contributed by atoms with Gasteiger partial charge in [0.1, 0.15) is 0 Å². The van der Waals surface area contributed by atoms with Crippen LogP contribution in [0.2, 0.25) is 0 Å². The van der Waals surface area contributed by atoms with Crippen LogP contribution in [0.4, 0.5) is 0 Å². The first kappa shape index (κ1) is 12.8. The van der Waals surface area contributed by atoms with Crippen LogP contribution in [0, 0.1) is 0 Å². The van der Waals surface area contributed by atoms with E-state index in [2.05, 4.69) is 4.98 Å². The molecule has 1 heterocycles. The van der Waals surface area contributed by atoms with Crippen molar-refractivity contribution in [1.82, 2.24) is 4.98 Å². The zero-order chi connectivity index (χ0) is 13.0. The molecule has 2 nitrogen and oxygen atoms in total. The molecule has 0 N–H and O–H groups in total. The van der Waals surface area contributed by atoms with Crippen molar-refractivity contribution in [2.45, 2.75) is 23.6 Å². The minimum Gasteiger partial charge on any atom is -0.293 e. The number of aromatic nitrogens is 1. The van der Waals surface area contributed by atoms with Crippen LogP contribution in [0.1, 0.15) is 24.2 Å². The van der Waals surface area contributed by atoms with Crippen molar-refractivity contribution >= 4 is 17.5 Å². The number of pyridine rings is 1. The van der Waals surface area contributed by atoms with Gasteiger partial charge in [-0.2, -0.15) is 0 Å². The summed E-state index contributed by atoms with van der Waals surface area (Å²) in [6.07, 6.45) is 1.74. The van der Waals surface area contributed by atoms with Crippen molar-refractivity contribution in [3.8, 4) is 0 Å². The largest absolute Gasteiger partial charge is 0.293 e. The van der Waals surface area contributed by atoms with Crippen LogP contribution in [-0.2, 0) is 0 Å². The lowest BCUT2D eigenvalue weighted by Crippen LogP contribution is -2.27. The minimum atomic E-state index is -0.518. The Morgan fingerprint density at radius 1 is 1.06 bits per heavy atom. The standard InChI is InChI=1S/C15H15NOS/c1-15(2,18-13-10-6-7-11-16-13)14(17)12-8-4-3-5-9-12/h3-11H,1-2H3. The molecule has 0 fully saturated rings. The third-order valence-corrected chi connectivity index (χ3v) is 3.73. The predicted octanol–water partition coefficient (Wildman–Crippen LogP) is 3.84. The normalized spacial score (nSPS) is 11.2. The van der Waals surface area contributed by atoms with E-state index in [1.165, 1.54) is 11.8 Å². The molecule has 0 atom stereocenters. The monoisotopic (exact) mass is 257 g/mol. The second-order valence-electron chi connectivity index (χ2n) is 4.48. The average Bonchev–Trinajstić information content (AvgIpc) is 2.39. The lowest BCUT2D eigenvalue weighted by molar-refractivity contribution is 0.0958. The zero-order valence-electron chi connectivity index (χ0n) is 10.5. The van der Waals surface area contributed by atoms with Gasteiger partial charge in [0, 0.05) is 11.8 Å². The highest BCUT2D eigenvalue weighted by Crippen LogP contribution is 2.33. The van der Waals surface area contributed by atoms with Crippen LogP contribution in [-0.4, -0.2) is 15.5 Å². The lowest BCUT2D eigenvalue weighted by atomic mass is 10.0. The van der Waals surface area contributed by atoms with E-state index in [4.69, 9.17) is 0 Å². The topological polar surface area (TPSA) is 30.0 Å². The van der Waals surface area contributed by atoms with E-state index in [1.807, 2.05) is 62.4 Å². The highest BCUT2D eigenvalue weighted by Gasteiger charge is 2.30. The Morgan fingerprint density at radius 2 is 1.72 bits per heavy atom. The fraction of sp³-hybridized carbons (Fsp3) is 0.200. The average molecular weight is 257 g/mol. The second kappa shape index (κ2) is 5.36. The molecule has 0 saturated carbocycles. The summed E-state index contributed by atoms with van der Waals surface area (Å²) in [5, 5.41) is 0.867. The van der Waals surface area contributed by atoms with Gasteiger partial charge in [0.15, 0.2) is 5.78 Å². The molecule has 0 unspecified atom stereocenters. The van der Waals surface area contributed by atoms with Crippen LogP contribution in [0.5, 0.6) is 0 Å². The van der Waals surface area contributed by atoms with E-state index >= 15 is 0 Å². The SMILES string of the molecule is CC(C)(Sc1ccccn1)C(=O)c1ccccc1. The zero-order valence-corrected chi connectivity index (χ0v) is 11.3. The van der Waals surface area contributed by atoms with Gasteiger partial charge in [-0.05, 0) is 26.0 Å². The van der Waals surface area contributed by atoms with Gasteiger partial charge in [-0.3, -0.25) is 4.79 Å². The highest BCUT2D eigenvalue weighted by atomic mass is 32.2. The molecular weight excluding hydrogens is 242 g/mol. The Kier molecular flexibility index (Phi) is 3.82. The fourth-order valence-electron chi connectivity index (χ4n) is 1.65. The number of benzene rings is 1. The first-order valence-corrected chi connectivity index (χ1v) is 6.61. The van der Waals surface area contributed by atoms with Crippen LogP contribution in [0.15, 0.2) is 59.8 Å². The van der Waals surface area contributed by atoms with Gasteiger partial charge in [-0.25, -0.2) is 4.98 Å². The minimum absolute atomic E-state index is 0.124. The van der Waals surface area contributed by atoms with E-state index in [-0.39, 0.29) is 5.78 Å². The Hall–Kier alpha value is -1.61. The maximum Gasteiger partial charge on any atom is 0.178 e. The quantitative estimate of drug-likeness (QED) is 0.616. The summed E-state index contributed by atoms with van der Waals surface area (Å²) in [6, 6.07) is 15.1. The number of hydrogen-bond donors (Lipinski definition) is 0. The van der Waals surface area contributed by atoms with Gasteiger partial charge in [0.25, 0.3) is 0 Å². The van der Waals surface area contributed by atoms with Crippen LogP contribution < -0.4 is 0 Å². The van der Waals surface area contributed by atoms with Gasteiger partial charge < -0.3 is 0 Å². The molecule has 0 amide bonds. The Labute approximate surface area is 111 Å². The third-order valence-electron chi connectivity index (χ3n) is 2.58. The van der Waals surface area contributed by atoms with E-state index in [0.717, 1.165) is 10.6 Å². The smallest absolute Gasteiger partial charge is 0.178 e. The van der Waals surface area contributed by atoms with Gasteiger partial charge >= 0.3 is 0 Å². The summed E-state index contributed by atoms with van der Waals surface area (Å²) in [5.74, 6) is 0.124. The van der Waals surface area contributed by atoms with Crippen molar-refractivity contribution in [2.75, 3.05) is 0 Å². The summed E-state index contributed by atoms with van der Waals surface area (Å²) >= 11 is 1.49. The Morgan fingerprint density at radius 3 is 2.33 bits per heavy atom. The van der Waals surface area contributed by atoms with Crippen molar-refractivity contribution in [3.05, 3.63) is 60.3 Å². The van der Waals surface area contributed by atoms with Gasteiger partial charge in [0.2, 0.25) is 0 Å². The summed E-state index contributed by atoms with van der Waals surface area (Å²) in [7, 11) is 0. The van der Waals surface area contributed by atoms with Crippen LogP contribution in [0.25, 0.3) is 0 Å².